The van der Waals surface area contributed by atoms with Crippen LogP contribution in [-0.4, -0.2) is 36.7 Å². The molecule has 0 aromatic carbocycles. The zero-order chi connectivity index (χ0) is 18.9. The minimum atomic E-state index is 0.0746. The summed E-state index contributed by atoms with van der Waals surface area (Å²) >= 11 is 1.62. The monoisotopic (exact) mass is 397 g/mol. The van der Waals surface area contributed by atoms with Gasteiger partial charge in [0.15, 0.2) is 5.82 Å². The first-order chi connectivity index (χ1) is 13.8. The number of hydrogen-bond acceptors (Lipinski definition) is 7. The highest BCUT2D eigenvalue weighted by Gasteiger charge is 2.27. The van der Waals surface area contributed by atoms with Crippen LogP contribution in [0.3, 0.4) is 0 Å². The van der Waals surface area contributed by atoms with Crippen molar-refractivity contribution in [1.29, 1.82) is 0 Å². The Balaban J connectivity index is 1.13. The Kier molecular flexibility index (Phi) is 4.67. The standard InChI is InChI=1S/C19H23N7OS/c27-18(20-10-16-25-24-15-2-1-8-26(15)16)12-3-5-13(6-4-12)23-17-14-7-9-28-19(14)22-11-21-17/h7,9,11-13H,1-6,8,10H2,(H,20,27)(H,21,22,23). The van der Waals surface area contributed by atoms with Gasteiger partial charge in [0.05, 0.1) is 11.9 Å². The highest BCUT2D eigenvalue weighted by Crippen LogP contribution is 2.29. The van der Waals surface area contributed by atoms with Crippen molar-refractivity contribution >= 4 is 33.3 Å². The molecule has 0 atom stereocenters. The second-order valence-electron chi connectivity index (χ2n) is 7.56. The maximum Gasteiger partial charge on any atom is 0.223 e. The minimum absolute atomic E-state index is 0.0746. The van der Waals surface area contributed by atoms with Gasteiger partial charge in [-0.3, -0.25) is 4.79 Å². The van der Waals surface area contributed by atoms with Gasteiger partial charge in [-0.25, -0.2) is 9.97 Å². The molecule has 0 spiro atoms. The molecule has 5 rings (SSSR count). The molecule has 2 N–H and O–H groups in total. The highest BCUT2D eigenvalue weighted by atomic mass is 32.1. The number of fused-ring (bicyclic) bond motifs is 2. The van der Waals surface area contributed by atoms with Crippen LogP contribution in [0.4, 0.5) is 5.82 Å². The van der Waals surface area contributed by atoms with E-state index >= 15 is 0 Å². The van der Waals surface area contributed by atoms with Crippen molar-refractivity contribution < 1.29 is 4.79 Å². The average molecular weight is 398 g/mol. The number of nitrogens with one attached hydrogen (secondary N) is 2. The molecule has 0 saturated heterocycles. The number of aromatic nitrogens is 5. The van der Waals surface area contributed by atoms with Crippen molar-refractivity contribution in [3.05, 3.63) is 29.4 Å². The third kappa shape index (κ3) is 3.34. The van der Waals surface area contributed by atoms with Crippen molar-refractivity contribution in [3.8, 4) is 0 Å². The lowest BCUT2D eigenvalue weighted by Crippen LogP contribution is -2.36. The fraction of sp³-hybridized carbons (Fsp3) is 0.526. The molecule has 28 heavy (non-hydrogen) atoms. The minimum Gasteiger partial charge on any atom is -0.367 e. The van der Waals surface area contributed by atoms with Crippen molar-refractivity contribution in [1.82, 2.24) is 30.0 Å². The molecule has 1 fully saturated rings. The van der Waals surface area contributed by atoms with Crippen molar-refractivity contribution in [2.75, 3.05) is 5.32 Å². The van der Waals surface area contributed by atoms with Gasteiger partial charge < -0.3 is 15.2 Å². The molecule has 4 heterocycles. The normalized spacial score (nSPS) is 21.6. The molecule has 3 aromatic heterocycles. The molecule has 1 aliphatic carbocycles. The van der Waals surface area contributed by atoms with Crippen LogP contribution >= 0.6 is 11.3 Å². The Hall–Kier alpha value is -2.55. The van der Waals surface area contributed by atoms with E-state index in [1.165, 1.54) is 0 Å². The van der Waals surface area contributed by atoms with Crippen molar-refractivity contribution in [2.24, 2.45) is 5.92 Å². The molecule has 1 amide bonds. The van der Waals surface area contributed by atoms with Crippen LogP contribution in [0.1, 0.15) is 43.8 Å². The van der Waals surface area contributed by atoms with Gasteiger partial charge in [0.2, 0.25) is 5.91 Å². The smallest absolute Gasteiger partial charge is 0.223 e. The van der Waals surface area contributed by atoms with E-state index in [1.54, 1.807) is 17.7 Å². The van der Waals surface area contributed by atoms with E-state index in [0.717, 1.165) is 72.8 Å². The van der Waals surface area contributed by atoms with Gasteiger partial charge in [0.1, 0.15) is 22.8 Å². The van der Waals surface area contributed by atoms with Gasteiger partial charge in [0, 0.05) is 24.9 Å². The van der Waals surface area contributed by atoms with E-state index in [4.69, 9.17) is 0 Å². The summed E-state index contributed by atoms with van der Waals surface area (Å²) < 4.78 is 2.13. The molecule has 9 heteroatoms. The second-order valence-corrected chi connectivity index (χ2v) is 8.45. The van der Waals surface area contributed by atoms with E-state index in [2.05, 4.69) is 41.4 Å². The maximum atomic E-state index is 12.6. The number of hydrogen-bond donors (Lipinski definition) is 2. The molecule has 3 aromatic rings. The number of anilines is 1. The van der Waals surface area contributed by atoms with E-state index in [1.807, 2.05) is 5.38 Å². The van der Waals surface area contributed by atoms with Crippen LogP contribution in [0.25, 0.3) is 10.2 Å². The zero-order valence-electron chi connectivity index (χ0n) is 15.6. The predicted octanol–water partition coefficient (Wildman–Crippen LogP) is 2.52. The van der Waals surface area contributed by atoms with Gasteiger partial charge in [-0.1, -0.05) is 0 Å². The number of aryl methyl sites for hydroxylation is 1. The van der Waals surface area contributed by atoms with Crippen LogP contribution in [0.15, 0.2) is 17.8 Å². The van der Waals surface area contributed by atoms with E-state index in [9.17, 15) is 4.79 Å². The number of nitrogens with zero attached hydrogens (tertiary/aromatic N) is 5. The first-order valence-electron chi connectivity index (χ1n) is 9.91. The van der Waals surface area contributed by atoms with Gasteiger partial charge in [-0.2, -0.15) is 0 Å². The van der Waals surface area contributed by atoms with Crippen molar-refractivity contribution in [2.45, 2.75) is 57.7 Å². The Morgan fingerprint density at radius 3 is 3.00 bits per heavy atom. The molecule has 1 aliphatic heterocycles. The van der Waals surface area contributed by atoms with E-state index < -0.39 is 0 Å². The Morgan fingerprint density at radius 1 is 1.21 bits per heavy atom. The fourth-order valence-corrected chi connectivity index (χ4v) is 4.98. The first-order valence-corrected chi connectivity index (χ1v) is 10.8. The predicted molar refractivity (Wildman–Crippen MR) is 107 cm³/mol. The third-order valence-electron chi connectivity index (χ3n) is 5.81. The van der Waals surface area contributed by atoms with Crippen LogP contribution in [-0.2, 0) is 24.3 Å². The molecule has 0 unspecified atom stereocenters. The molecular formula is C19H23N7OS. The Bertz CT molecular complexity index is 989. The molecule has 8 nitrogen and oxygen atoms in total. The third-order valence-corrected chi connectivity index (χ3v) is 6.63. The SMILES string of the molecule is O=C(NCc1nnc2n1CCC2)C1CCC(Nc2ncnc3sccc23)CC1. The molecule has 2 aliphatic rings. The summed E-state index contributed by atoms with van der Waals surface area (Å²) in [6, 6.07) is 2.41. The quantitative estimate of drug-likeness (QED) is 0.687. The first kappa shape index (κ1) is 17.5. The molecular weight excluding hydrogens is 374 g/mol. The number of carbonyl (C=O) groups excluding carboxylic acids is 1. The molecule has 146 valence electrons. The molecule has 0 bridgehead atoms. The Morgan fingerprint density at radius 2 is 2.11 bits per heavy atom. The van der Waals surface area contributed by atoms with Gasteiger partial charge >= 0.3 is 0 Å². The lowest BCUT2D eigenvalue weighted by molar-refractivity contribution is -0.126. The largest absolute Gasteiger partial charge is 0.367 e. The average Bonchev–Trinajstić information content (AvgIpc) is 3.44. The van der Waals surface area contributed by atoms with Gasteiger partial charge in [-0.05, 0) is 43.6 Å². The summed E-state index contributed by atoms with van der Waals surface area (Å²) in [4.78, 5) is 22.3. The highest BCUT2D eigenvalue weighted by molar-refractivity contribution is 7.16. The summed E-state index contributed by atoms with van der Waals surface area (Å²) in [5.41, 5.74) is 0. The molecule has 0 radical (unpaired) electrons. The summed E-state index contributed by atoms with van der Waals surface area (Å²) in [6.45, 7) is 1.44. The van der Waals surface area contributed by atoms with Crippen LogP contribution in [0.2, 0.25) is 0 Å². The summed E-state index contributed by atoms with van der Waals surface area (Å²) in [5, 5.41) is 18.1. The van der Waals surface area contributed by atoms with E-state index in [-0.39, 0.29) is 11.8 Å². The summed E-state index contributed by atoms with van der Waals surface area (Å²) in [7, 11) is 0. The number of amides is 1. The maximum absolute atomic E-state index is 12.6. The number of carbonyl (C=O) groups is 1. The van der Waals surface area contributed by atoms with Gasteiger partial charge in [0.25, 0.3) is 0 Å². The van der Waals surface area contributed by atoms with Crippen LogP contribution in [0.5, 0.6) is 0 Å². The van der Waals surface area contributed by atoms with Crippen LogP contribution in [0, 0.1) is 5.92 Å². The van der Waals surface area contributed by atoms with Crippen LogP contribution < -0.4 is 10.6 Å². The lowest BCUT2D eigenvalue weighted by atomic mass is 9.85. The summed E-state index contributed by atoms with van der Waals surface area (Å²) in [6.07, 6.45) is 7.43. The zero-order valence-corrected chi connectivity index (χ0v) is 16.4. The fourth-order valence-electron chi connectivity index (χ4n) is 4.25. The van der Waals surface area contributed by atoms with Crippen molar-refractivity contribution in [3.63, 3.8) is 0 Å². The van der Waals surface area contributed by atoms with E-state index in [0.29, 0.717) is 12.6 Å². The second kappa shape index (κ2) is 7.46. The molecule has 1 saturated carbocycles. The van der Waals surface area contributed by atoms with Gasteiger partial charge in [-0.15, -0.1) is 21.5 Å². The number of rotatable bonds is 5. The summed E-state index contributed by atoms with van der Waals surface area (Å²) in [5.74, 6) is 3.03. The Labute approximate surface area is 166 Å². The lowest BCUT2D eigenvalue weighted by Gasteiger charge is -2.28. The number of thiophene rings is 1. The topological polar surface area (TPSA) is 97.6 Å².